The molecular formula is C14H29N3. The van der Waals surface area contributed by atoms with Gasteiger partial charge in [-0.1, -0.05) is 46.5 Å². The van der Waals surface area contributed by atoms with Gasteiger partial charge in [-0.2, -0.15) is 0 Å². The van der Waals surface area contributed by atoms with Crippen molar-refractivity contribution in [3.63, 3.8) is 0 Å². The van der Waals surface area contributed by atoms with Crippen LogP contribution in [0.4, 0.5) is 0 Å². The first-order valence-electron chi connectivity index (χ1n) is 7.11. The lowest BCUT2D eigenvalue weighted by molar-refractivity contribution is 0.278. The first kappa shape index (κ1) is 14.3. The lowest BCUT2D eigenvalue weighted by atomic mass is 9.81. The second-order valence-corrected chi connectivity index (χ2v) is 5.96. The Hall–Kier alpha value is -0.730. The van der Waals surface area contributed by atoms with Gasteiger partial charge in [0.25, 0.3) is 0 Å². The molecule has 1 rings (SSSR count). The number of rotatable bonds is 5. The summed E-state index contributed by atoms with van der Waals surface area (Å²) in [5, 5.41) is 3.22. The SMILES string of the molecule is CC(C)CN=C(N)NCCC1CCC(C)CC1. The Morgan fingerprint density at radius 2 is 1.94 bits per heavy atom. The Bertz CT molecular complexity index is 228. The highest BCUT2D eigenvalue weighted by atomic mass is 15.1. The van der Waals surface area contributed by atoms with Crippen molar-refractivity contribution in [2.75, 3.05) is 13.1 Å². The minimum absolute atomic E-state index is 0.579. The number of hydrogen-bond acceptors (Lipinski definition) is 1. The number of nitrogens with zero attached hydrogens (tertiary/aromatic N) is 1. The van der Waals surface area contributed by atoms with E-state index in [1.165, 1.54) is 32.1 Å². The van der Waals surface area contributed by atoms with Crippen molar-refractivity contribution in [2.45, 2.75) is 52.9 Å². The summed E-state index contributed by atoms with van der Waals surface area (Å²) in [4.78, 5) is 4.30. The first-order valence-corrected chi connectivity index (χ1v) is 7.11. The molecule has 1 saturated carbocycles. The summed E-state index contributed by atoms with van der Waals surface area (Å²) < 4.78 is 0. The van der Waals surface area contributed by atoms with Crippen LogP contribution in [-0.2, 0) is 0 Å². The van der Waals surface area contributed by atoms with E-state index in [1.54, 1.807) is 0 Å². The number of nitrogens with one attached hydrogen (secondary N) is 1. The molecule has 0 radical (unpaired) electrons. The number of guanidine groups is 1. The second-order valence-electron chi connectivity index (χ2n) is 5.96. The minimum atomic E-state index is 0.579. The van der Waals surface area contributed by atoms with Gasteiger partial charge >= 0.3 is 0 Å². The van der Waals surface area contributed by atoms with Gasteiger partial charge in [0, 0.05) is 13.1 Å². The Morgan fingerprint density at radius 1 is 1.29 bits per heavy atom. The van der Waals surface area contributed by atoms with E-state index < -0.39 is 0 Å². The van der Waals surface area contributed by atoms with Crippen molar-refractivity contribution in [1.82, 2.24) is 5.32 Å². The molecule has 0 aromatic heterocycles. The highest BCUT2D eigenvalue weighted by molar-refractivity contribution is 5.77. The molecule has 3 N–H and O–H groups in total. The number of aliphatic imine (C=N–C) groups is 1. The maximum Gasteiger partial charge on any atom is 0.188 e. The molecule has 0 aliphatic heterocycles. The van der Waals surface area contributed by atoms with Crippen LogP contribution in [0.3, 0.4) is 0 Å². The molecule has 17 heavy (non-hydrogen) atoms. The molecule has 0 unspecified atom stereocenters. The van der Waals surface area contributed by atoms with Crippen LogP contribution in [0.2, 0.25) is 0 Å². The monoisotopic (exact) mass is 239 g/mol. The molecule has 1 fully saturated rings. The molecular weight excluding hydrogens is 210 g/mol. The van der Waals surface area contributed by atoms with E-state index in [0.717, 1.165) is 24.9 Å². The standard InChI is InChI=1S/C14H29N3/c1-11(2)10-17-14(15)16-9-8-13-6-4-12(3)5-7-13/h11-13H,4-10H2,1-3H3,(H3,15,16,17). The van der Waals surface area contributed by atoms with E-state index in [-0.39, 0.29) is 0 Å². The van der Waals surface area contributed by atoms with Crippen molar-refractivity contribution in [1.29, 1.82) is 0 Å². The molecule has 100 valence electrons. The molecule has 1 aliphatic rings. The van der Waals surface area contributed by atoms with Gasteiger partial charge in [0.05, 0.1) is 0 Å². The van der Waals surface area contributed by atoms with Crippen LogP contribution >= 0.6 is 0 Å². The highest BCUT2D eigenvalue weighted by Crippen LogP contribution is 2.29. The van der Waals surface area contributed by atoms with Gasteiger partial charge in [0.15, 0.2) is 5.96 Å². The van der Waals surface area contributed by atoms with Gasteiger partial charge in [-0.3, -0.25) is 4.99 Å². The van der Waals surface area contributed by atoms with Crippen LogP contribution in [0.25, 0.3) is 0 Å². The highest BCUT2D eigenvalue weighted by Gasteiger charge is 2.17. The van der Waals surface area contributed by atoms with Gasteiger partial charge in [-0.15, -0.1) is 0 Å². The predicted octanol–water partition coefficient (Wildman–Crippen LogP) is 2.76. The Balaban J connectivity index is 2.09. The summed E-state index contributed by atoms with van der Waals surface area (Å²) in [6.07, 6.45) is 6.84. The van der Waals surface area contributed by atoms with E-state index >= 15 is 0 Å². The Morgan fingerprint density at radius 3 is 2.53 bits per heavy atom. The van der Waals surface area contributed by atoms with E-state index in [0.29, 0.717) is 11.9 Å². The fourth-order valence-corrected chi connectivity index (χ4v) is 2.36. The third-order valence-corrected chi connectivity index (χ3v) is 3.62. The predicted molar refractivity (Wildman–Crippen MR) is 75.1 cm³/mol. The van der Waals surface area contributed by atoms with Crippen molar-refractivity contribution in [3.05, 3.63) is 0 Å². The smallest absolute Gasteiger partial charge is 0.188 e. The fourth-order valence-electron chi connectivity index (χ4n) is 2.36. The Kier molecular flexibility index (Phi) is 6.38. The zero-order valence-electron chi connectivity index (χ0n) is 11.7. The van der Waals surface area contributed by atoms with E-state index in [2.05, 4.69) is 31.1 Å². The van der Waals surface area contributed by atoms with Crippen LogP contribution in [0, 0.1) is 17.8 Å². The lowest BCUT2D eigenvalue weighted by Crippen LogP contribution is -2.34. The Labute approximate surface area is 106 Å². The molecule has 3 heteroatoms. The average Bonchev–Trinajstić information content (AvgIpc) is 2.29. The molecule has 0 amide bonds. The fraction of sp³-hybridized carbons (Fsp3) is 0.929. The molecule has 3 nitrogen and oxygen atoms in total. The van der Waals surface area contributed by atoms with Crippen molar-refractivity contribution in [3.8, 4) is 0 Å². The summed E-state index contributed by atoms with van der Waals surface area (Å²) in [7, 11) is 0. The van der Waals surface area contributed by atoms with Gasteiger partial charge in [-0.25, -0.2) is 0 Å². The minimum Gasteiger partial charge on any atom is -0.370 e. The van der Waals surface area contributed by atoms with E-state index in [1.807, 2.05) is 0 Å². The molecule has 0 aromatic rings. The van der Waals surface area contributed by atoms with Crippen LogP contribution in [0.5, 0.6) is 0 Å². The average molecular weight is 239 g/mol. The summed E-state index contributed by atoms with van der Waals surface area (Å²) >= 11 is 0. The maximum absolute atomic E-state index is 5.80. The number of nitrogens with two attached hydrogens (primary N) is 1. The van der Waals surface area contributed by atoms with Gasteiger partial charge in [0.2, 0.25) is 0 Å². The molecule has 0 atom stereocenters. The van der Waals surface area contributed by atoms with Gasteiger partial charge < -0.3 is 11.1 Å². The third kappa shape index (κ3) is 6.54. The van der Waals surface area contributed by atoms with Crippen LogP contribution in [0.15, 0.2) is 4.99 Å². The summed E-state index contributed by atoms with van der Waals surface area (Å²) in [5.41, 5.74) is 5.80. The van der Waals surface area contributed by atoms with Crippen LogP contribution in [-0.4, -0.2) is 19.0 Å². The molecule has 0 bridgehead atoms. The topological polar surface area (TPSA) is 50.4 Å². The maximum atomic E-state index is 5.80. The van der Waals surface area contributed by atoms with Gasteiger partial charge in [-0.05, 0) is 24.2 Å². The molecule has 0 saturated heterocycles. The molecule has 0 aromatic carbocycles. The van der Waals surface area contributed by atoms with E-state index in [4.69, 9.17) is 5.73 Å². The van der Waals surface area contributed by atoms with Crippen LogP contribution < -0.4 is 11.1 Å². The summed E-state index contributed by atoms with van der Waals surface area (Å²) in [6.45, 7) is 8.47. The van der Waals surface area contributed by atoms with Crippen molar-refractivity contribution >= 4 is 5.96 Å². The van der Waals surface area contributed by atoms with E-state index in [9.17, 15) is 0 Å². The zero-order chi connectivity index (χ0) is 12.7. The van der Waals surface area contributed by atoms with Crippen molar-refractivity contribution < 1.29 is 0 Å². The largest absolute Gasteiger partial charge is 0.370 e. The summed E-state index contributed by atoms with van der Waals surface area (Å²) in [6, 6.07) is 0. The third-order valence-electron chi connectivity index (χ3n) is 3.62. The molecule has 1 aliphatic carbocycles. The van der Waals surface area contributed by atoms with Gasteiger partial charge in [0.1, 0.15) is 0 Å². The normalized spacial score (nSPS) is 26.2. The second kappa shape index (κ2) is 7.57. The summed E-state index contributed by atoms with van der Waals surface area (Å²) in [5.74, 6) is 3.03. The zero-order valence-corrected chi connectivity index (χ0v) is 11.7. The molecule has 0 heterocycles. The number of hydrogen-bond donors (Lipinski definition) is 2. The van der Waals surface area contributed by atoms with Crippen LogP contribution in [0.1, 0.15) is 52.9 Å². The molecule has 0 spiro atoms. The first-order chi connectivity index (χ1) is 8.08. The lowest BCUT2D eigenvalue weighted by Gasteiger charge is -2.26. The quantitative estimate of drug-likeness (QED) is 0.572. The van der Waals surface area contributed by atoms with Crippen molar-refractivity contribution in [2.24, 2.45) is 28.5 Å².